The number of likely N-dealkylation sites (tertiary alicyclic amines) is 1. The molecule has 8 heteroatoms. The number of para-hydroxylation sites is 1. The average molecular weight is 419 g/mol. The topological polar surface area (TPSA) is 60.2 Å². The molecule has 1 aromatic carbocycles. The number of allylic oxidation sites excluding steroid dienone is 1. The second-order valence-electron chi connectivity index (χ2n) is 7.29. The van der Waals surface area contributed by atoms with Gasteiger partial charge in [-0.15, -0.1) is 16.8 Å². The summed E-state index contributed by atoms with van der Waals surface area (Å²) in [6.07, 6.45) is 3.83. The van der Waals surface area contributed by atoms with Gasteiger partial charge in [-0.3, -0.25) is 9.36 Å². The van der Waals surface area contributed by atoms with Gasteiger partial charge in [0.2, 0.25) is 5.91 Å². The molecule has 29 heavy (non-hydrogen) atoms. The second-order valence-corrected chi connectivity index (χ2v) is 8.59. The van der Waals surface area contributed by atoms with Gasteiger partial charge < -0.3 is 9.64 Å². The van der Waals surface area contributed by atoms with Crippen LogP contribution in [0.2, 0.25) is 0 Å². The van der Waals surface area contributed by atoms with E-state index in [1.165, 1.54) is 17.8 Å². The third kappa shape index (κ3) is 5.38. The van der Waals surface area contributed by atoms with E-state index in [2.05, 4.69) is 23.7 Å². The van der Waals surface area contributed by atoms with Crippen molar-refractivity contribution in [1.29, 1.82) is 0 Å². The monoisotopic (exact) mass is 418 g/mol. The number of hydrogen-bond donors (Lipinski definition) is 0. The van der Waals surface area contributed by atoms with Crippen molar-refractivity contribution in [2.24, 2.45) is 5.92 Å². The lowest BCUT2D eigenvalue weighted by molar-refractivity contribution is -0.131. The molecular weight excluding hydrogens is 391 g/mol. The molecule has 0 bridgehead atoms. The smallest absolute Gasteiger partial charge is 0.235 e. The van der Waals surface area contributed by atoms with Gasteiger partial charge in [0.05, 0.1) is 5.25 Å². The minimum absolute atomic E-state index is 0.0780. The van der Waals surface area contributed by atoms with Crippen molar-refractivity contribution < 1.29 is 13.9 Å². The molecule has 1 aromatic heterocycles. The zero-order valence-corrected chi connectivity index (χ0v) is 17.7. The van der Waals surface area contributed by atoms with E-state index in [1.54, 1.807) is 24.3 Å². The molecule has 1 saturated heterocycles. The van der Waals surface area contributed by atoms with Crippen molar-refractivity contribution in [2.75, 3.05) is 13.1 Å². The number of rotatable bonds is 8. The Morgan fingerprint density at radius 2 is 2.10 bits per heavy atom. The van der Waals surface area contributed by atoms with Crippen molar-refractivity contribution in [3.8, 4) is 5.75 Å². The summed E-state index contributed by atoms with van der Waals surface area (Å²) < 4.78 is 21.2. The van der Waals surface area contributed by atoms with E-state index in [4.69, 9.17) is 4.74 Å². The van der Waals surface area contributed by atoms with Crippen LogP contribution in [0.3, 0.4) is 0 Å². The summed E-state index contributed by atoms with van der Waals surface area (Å²) >= 11 is 1.38. The lowest BCUT2D eigenvalue weighted by Crippen LogP contribution is -2.41. The third-order valence-electron chi connectivity index (χ3n) is 5.02. The molecule has 0 radical (unpaired) electrons. The first-order chi connectivity index (χ1) is 14.0. The van der Waals surface area contributed by atoms with E-state index < -0.39 is 5.82 Å². The van der Waals surface area contributed by atoms with E-state index in [-0.39, 0.29) is 23.5 Å². The number of hydrogen-bond acceptors (Lipinski definition) is 5. The molecule has 1 aliphatic rings. The molecule has 3 rings (SSSR count). The number of carbonyl (C=O) groups excluding carboxylic acids is 1. The van der Waals surface area contributed by atoms with Gasteiger partial charge in [0, 0.05) is 19.6 Å². The van der Waals surface area contributed by atoms with Crippen LogP contribution in [0, 0.1) is 11.7 Å². The lowest BCUT2D eigenvalue weighted by Gasteiger charge is -2.31. The van der Waals surface area contributed by atoms with E-state index in [0.29, 0.717) is 23.4 Å². The normalized spacial score (nSPS) is 15.9. The summed E-state index contributed by atoms with van der Waals surface area (Å²) in [4.78, 5) is 14.7. The van der Waals surface area contributed by atoms with Crippen molar-refractivity contribution in [2.45, 2.75) is 50.2 Å². The fraction of sp³-hybridized carbons (Fsp3) is 0.476. The van der Waals surface area contributed by atoms with Crippen LogP contribution in [0.15, 0.2) is 42.1 Å². The SMILES string of the molecule is C=CCn1c(COc2ccccc2F)nnc1SC(C)C(=O)N1CCC(C)CC1. The summed E-state index contributed by atoms with van der Waals surface area (Å²) in [5, 5.41) is 8.78. The first-order valence-electron chi connectivity index (χ1n) is 9.85. The summed E-state index contributed by atoms with van der Waals surface area (Å²) in [7, 11) is 0. The largest absolute Gasteiger partial charge is 0.483 e. The maximum absolute atomic E-state index is 13.8. The van der Waals surface area contributed by atoms with Gasteiger partial charge in [-0.25, -0.2) is 4.39 Å². The van der Waals surface area contributed by atoms with Crippen molar-refractivity contribution in [1.82, 2.24) is 19.7 Å². The number of piperidine rings is 1. The van der Waals surface area contributed by atoms with Gasteiger partial charge in [-0.05, 0) is 37.8 Å². The van der Waals surface area contributed by atoms with Crippen LogP contribution < -0.4 is 4.74 Å². The zero-order valence-electron chi connectivity index (χ0n) is 16.9. The molecule has 2 heterocycles. The summed E-state index contributed by atoms with van der Waals surface area (Å²) in [6.45, 7) is 10.1. The average Bonchev–Trinajstić information content (AvgIpc) is 3.09. The molecule has 1 unspecified atom stereocenters. The van der Waals surface area contributed by atoms with Crippen LogP contribution in [-0.4, -0.2) is 43.9 Å². The van der Waals surface area contributed by atoms with Gasteiger partial charge in [-0.2, -0.15) is 0 Å². The van der Waals surface area contributed by atoms with Crippen LogP contribution >= 0.6 is 11.8 Å². The quantitative estimate of drug-likeness (QED) is 0.480. The summed E-state index contributed by atoms with van der Waals surface area (Å²) in [6, 6.07) is 6.24. The van der Waals surface area contributed by atoms with Crippen molar-refractivity contribution >= 4 is 17.7 Å². The highest BCUT2D eigenvalue weighted by atomic mass is 32.2. The number of ether oxygens (including phenoxy) is 1. The minimum Gasteiger partial charge on any atom is -0.483 e. The van der Waals surface area contributed by atoms with Crippen molar-refractivity contribution in [3.63, 3.8) is 0 Å². The van der Waals surface area contributed by atoms with Gasteiger partial charge in [-0.1, -0.05) is 36.9 Å². The standard InChI is InChI=1S/C21H27FN4O2S/c1-4-11-26-19(14-28-18-8-6-5-7-17(18)22)23-24-21(26)29-16(3)20(27)25-12-9-15(2)10-13-25/h4-8,15-16H,1,9-14H2,2-3H3. The Morgan fingerprint density at radius 1 is 1.38 bits per heavy atom. The fourth-order valence-corrected chi connectivity index (χ4v) is 4.19. The number of halogens is 1. The Hall–Kier alpha value is -2.35. The number of carbonyl (C=O) groups is 1. The van der Waals surface area contributed by atoms with E-state index in [9.17, 15) is 9.18 Å². The van der Waals surface area contributed by atoms with Crippen LogP contribution in [0.4, 0.5) is 4.39 Å². The molecule has 0 aliphatic carbocycles. The highest BCUT2D eigenvalue weighted by Crippen LogP contribution is 2.26. The maximum Gasteiger partial charge on any atom is 0.235 e. The predicted octanol–water partition coefficient (Wildman–Crippen LogP) is 3.92. The molecule has 0 N–H and O–H groups in total. The number of aromatic nitrogens is 3. The molecule has 0 saturated carbocycles. The molecule has 1 aliphatic heterocycles. The van der Waals surface area contributed by atoms with E-state index >= 15 is 0 Å². The van der Waals surface area contributed by atoms with E-state index in [0.717, 1.165) is 25.9 Å². The van der Waals surface area contributed by atoms with Gasteiger partial charge in [0.25, 0.3) is 0 Å². The Kier molecular flexibility index (Phi) is 7.30. The minimum atomic E-state index is -0.424. The Labute approximate surface area is 175 Å². The number of nitrogens with zero attached hydrogens (tertiary/aromatic N) is 4. The number of amides is 1. The molecule has 156 valence electrons. The molecule has 6 nitrogen and oxygen atoms in total. The van der Waals surface area contributed by atoms with Crippen molar-refractivity contribution in [3.05, 3.63) is 48.6 Å². The highest BCUT2D eigenvalue weighted by Gasteiger charge is 2.27. The summed E-state index contributed by atoms with van der Waals surface area (Å²) in [5.74, 6) is 1.10. The van der Waals surface area contributed by atoms with Crippen LogP contribution in [0.25, 0.3) is 0 Å². The molecule has 1 amide bonds. The second kappa shape index (κ2) is 9.91. The number of benzene rings is 1. The first kappa shape index (κ1) is 21.4. The first-order valence-corrected chi connectivity index (χ1v) is 10.7. The van der Waals surface area contributed by atoms with Crippen LogP contribution in [0.1, 0.15) is 32.5 Å². The maximum atomic E-state index is 13.8. The molecule has 1 fully saturated rings. The van der Waals surface area contributed by atoms with E-state index in [1.807, 2.05) is 16.4 Å². The van der Waals surface area contributed by atoms with Crippen LogP contribution in [0.5, 0.6) is 5.75 Å². The zero-order chi connectivity index (χ0) is 20.8. The highest BCUT2D eigenvalue weighted by molar-refractivity contribution is 8.00. The fourth-order valence-electron chi connectivity index (χ4n) is 3.22. The van der Waals surface area contributed by atoms with Gasteiger partial charge in [0.15, 0.2) is 22.5 Å². The van der Waals surface area contributed by atoms with Gasteiger partial charge >= 0.3 is 0 Å². The third-order valence-corrected chi connectivity index (χ3v) is 6.09. The van der Waals surface area contributed by atoms with Crippen LogP contribution in [-0.2, 0) is 17.9 Å². The Bertz CT molecular complexity index is 849. The van der Waals surface area contributed by atoms with Gasteiger partial charge in [0.1, 0.15) is 6.61 Å². The Balaban J connectivity index is 1.66. The molecule has 0 spiro atoms. The summed E-state index contributed by atoms with van der Waals surface area (Å²) in [5.41, 5.74) is 0. The molecule has 2 aromatic rings. The number of thioether (sulfide) groups is 1. The predicted molar refractivity (Wildman–Crippen MR) is 111 cm³/mol. The lowest BCUT2D eigenvalue weighted by atomic mass is 9.99. The molecule has 1 atom stereocenters. The Morgan fingerprint density at radius 3 is 2.79 bits per heavy atom. The molecular formula is C21H27FN4O2S.